The van der Waals surface area contributed by atoms with Gasteiger partial charge in [0, 0.05) is 6.42 Å². The molecule has 1 aliphatic carbocycles. The third kappa shape index (κ3) is 4.22. The molecule has 1 aromatic rings. The number of hydrogen-bond acceptors (Lipinski definition) is 3. The number of methoxy groups -OCH3 is 1. The Morgan fingerprint density at radius 1 is 1.42 bits per heavy atom. The van der Waals surface area contributed by atoms with Crippen LogP contribution in [0.4, 0.5) is 0 Å². The molecule has 1 fully saturated rings. The van der Waals surface area contributed by atoms with E-state index in [1.54, 1.807) is 7.11 Å². The summed E-state index contributed by atoms with van der Waals surface area (Å²) in [7, 11) is 1.71. The van der Waals surface area contributed by atoms with E-state index in [0.717, 1.165) is 31.7 Å². The molecule has 1 heterocycles. The van der Waals surface area contributed by atoms with Crippen LogP contribution in [0.15, 0.2) is 18.2 Å². The minimum Gasteiger partial charge on any atom is -0.496 e. The van der Waals surface area contributed by atoms with E-state index >= 15 is 0 Å². The Bertz CT molecular complexity index is 558. The molecule has 134 valence electrons. The second-order valence-corrected chi connectivity index (χ2v) is 6.97. The maximum Gasteiger partial charge on any atom is 0.220 e. The number of carbonyl (C=O) groups is 1. The van der Waals surface area contributed by atoms with Gasteiger partial charge in [0.15, 0.2) is 0 Å². The fourth-order valence-electron chi connectivity index (χ4n) is 4.04. The van der Waals surface area contributed by atoms with E-state index in [0.29, 0.717) is 18.3 Å². The topological polar surface area (TPSA) is 50.4 Å². The van der Waals surface area contributed by atoms with E-state index in [1.165, 1.54) is 24.0 Å². The van der Waals surface area contributed by atoms with Crippen molar-refractivity contribution in [2.45, 2.75) is 45.1 Å². The highest BCUT2D eigenvalue weighted by Crippen LogP contribution is 2.37. The van der Waals surface area contributed by atoms with Crippen molar-refractivity contribution in [1.82, 2.24) is 10.6 Å². The van der Waals surface area contributed by atoms with E-state index in [2.05, 4.69) is 23.6 Å². The maximum atomic E-state index is 12.5. The molecule has 1 saturated heterocycles. The molecule has 0 saturated carbocycles. The fraction of sp³-hybridized carbons (Fsp3) is 0.632. The minimum atomic E-state index is 0. The SMILES string of the molecule is COc1cccc2c1CCC2NC(=O)CC(C)C1CCCNC1.Cl. The van der Waals surface area contributed by atoms with Gasteiger partial charge < -0.3 is 15.4 Å². The van der Waals surface area contributed by atoms with Gasteiger partial charge >= 0.3 is 0 Å². The molecular weight excluding hydrogens is 324 g/mol. The first kappa shape index (κ1) is 19.1. The quantitative estimate of drug-likeness (QED) is 0.855. The third-order valence-corrected chi connectivity index (χ3v) is 5.43. The van der Waals surface area contributed by atoms with Gasteiger partial charge in [-0.1, -0.05) is 19.1 Å². The second kappa shape index (κ2) is 8.72. The zero-order valence-corrected chi connectivity index (χ0v) is 15.5. The molecule has 2 N–H and O–H groups in total. The number of benzene rings is 1. The van der Waals surface area contributed by atoms with Gasteiger partial charge in [-0.2, -0.15) is 0 Å². The van der Waals surface area contributed by atoms with Gasteiger partial charge in [0.2, 0.25) is 5.91 Å². The zero-order valence-electron chi connectivity index (χ0n) is 14.6. The molecule has 1 aromatic carbocycles. The molecule has 4 nitrogen and oxygen atoms in total. The number of piperidine rings is 1. The molecule has 1 aliphatic heterocycles. The van der Waals surface area contributed by atoms with E-state index < -0.39 is 0 Å². The number of fused-ring (bicyclic) bond motifs is 1. The fourth-order valence-corrected chi connectivity index (χ4v) is 4.04. The lowest BCUT2D eigenvalue weighted by atomic mass is 9.85. The highest BCUT2D eigenvalue weighted by atomic mass is 35.5. The number of amides is 1. The van der Waals surface area contributed by atoms with Crippen LogP contribution in [-0.2, 0) is 11.2 Å². The Kier molecular flexibility index (Phi) is 6.93. The number of ether oxygens (including phenoxy) is 1. The molecule has 2 aliphatic rings. The highest BCUT2D eigenvalue weighted by molar-refractivity contribution is 5.85. The van der Waals surface area contributed by atoms with Crippen molar-refractivity contribution in [2.75, 3.05) is 20.2 Å². The molecule has 0 spiro atoms. The Hall–Kier alpha value is -1.26. The van der Waals surface area contributed by atoms with Crippen LogP contribution in [0.2, 0.25) is 0 Å². The van der Waals surface area contributed by atoms with Crippen LogP contribution in [0.25, 0.3) is 0 Å². The summed E-state index contributed by atoms with van der Waals surface area (Å²) in [5.41, 5.74) is 2.48. The van der Waals surface area contributed by atoms with E-state index in [4.69, 9.17) is 4.74 Å². The van der Waals surface area contributed by atoms with E-state index in [9.17, 15) is 4.79 Å². The molecule has 1 amide bonds. The predicted molar refractivity (Wildman–Crippen MR) is 98.8 cm³/mol. The highest BCUT2D eigenvalue weighted by Gasteiger charge is 2.28. The van der Waals surface area contributed by atoms with Gasteiger partial charge in [-0.05, 0) is 67.8 Å². The summed E-state index contributed by atoms with van der Waals surface area (Å²) in [6.07, 6.45) is 5.05. The smallest absolute Gasteiger partial charge is 0.220 e. The minimum absolute atomic E-state index is 0. The molecule has 0 bridgehead atoms. The van der Waals surface area contributed by atoms with Gasteiger partial charge in [-0.3, -0.25) is 4.79 Å². The van der Waals surface area contributed by atoms with Crippen LogP contribution in [0.5, 0.6) is 5.75 Å². The summed E-state index contributed by atoms with van der Waals surface area (Å²) < 4.78 is 5.43. The predicted octanol–water partition coefficient (Wildman–Crippen LogP) is 3.25. The van der Waals surface area contributed by atoms with Gasteiger partial charge in [0.25, 0.3) is 0 Å². The van der Waals surface area contributed by atoms with Gasteiger partial charge in [0.05, 0.1) is 13.2 Å². The van der Waals surface area contributed by atoms with Crippen LogP contribution in [0.3, 0.4) is 0 Å². The Balaban J connectivity index is 0.00000208. The normalized spacial score (nSPS) is 23.8. The number of rotatable bonds is 5. The molecule has 5 heteroatoms. The molecule has 24 heavy (non-hydrogen) atoms. The average Bonchev–Trinajstić information content (AvgIpc) is 2.98. The van der Waals surface area contributed by atoms with Gasteiger partial charge in [-0.25, -0.2) is 0 Å². The van der Waals surface area contributed by atoms with Gasteiger partial charge in [0.1, 0.15) is 5.75 Å². The number of nitrogens with one attached hydrogen (secondary N) is 2. The summed E-state index contributed by atoms with van der Waals surface area (Å²) in [4.78, 5) is 12.5. The van der Waals surface area contributed by atoms with E-state index in [-0.39, 0.29) is 24.4 Å². The summed E-state index contributed by atoms with van der Waals surface area (Å²) >= 11 is 0. The molecule has 3 unspecified atom stereocenters. The van der Waals surface area contributed by atoms with Crippen molar-refractivity contribution >= 4 is 18.3 Å². The van der Waals surface area contributed by atoms with Crippen LogP contribution < -0.4 is 15.4 Å². The molecule has 3 atom stereocenters. The second-order valence-electron chi connectivity index (χ2n) is 6.97. The van der Waals surface area contributed by atoms with Crippen molar-refractivity contribution in [3.8, 4) is 5.75 Å². The first-order chi connectivity index (χ1) is 11.2. The van der Waals surface area contributed by atoms with Crippen LogP contribution in [0.1, 0.15) is 49.8 Å². The lowest BCUT2D eigenvalue weighted by Gasteiger charge is -2.28. The summed E-state index contributed by atoms with van der Waals surface area (Å²) in [5.74, 6) is 2.20. The standard InChI is InChI=1S/C19H28N2O2.ClH/c1-13(14-5-4-10-20-12-14)11-19(22)21-17-9-8-16-15(17)6-3-7-18(16)23-2;/h3,6-7,13-14,17,20H,4-5,8-12H2,1-2H3,(H,21,22);1H. The van der Waals surface area contributed by atoms with Crippen LogP contribution in [-0.4, -0.2) is 26.1 Å². The monoisotopic (exact) mass is 352 g/mol. The largest absolute Gasteiger partial charge is 0.496 e. The molecular formula is C19H29ClN2O2. The lowest BCUT2D eigenvalue weighted by Crippen LogP contribution is -2.36. The zero-order chi connectivity index (χ0) is 16.2. The maximum absolute atomic E-state index is 12.5. The third-order valence-electron chi connectivity index (χ3n) is 5.43. The van der Waals surface area contributed by atoms with E-state index in [1.807, 2.05) is 12.1 Å². The molecule has 0 radical (unpaired) electrons. The van der Waals surface area contributed by atoms with Crippen molar-refractivity contribution in [2.24, 2.45) is 11.8 Å². The number of carbonyl (C=O) groups excluding carboxylic acids is 1. The first-order valence-electron chi connectivity index (χ1n) is 8.85. The van der Waals surface area contributed by atoms with Crippen LogP contribution >= 0.6 is 12.4 Å². The van der Waals surface area contributed by atoms with Gasteiger partial charge in [-0.15, -0.1) is 12.4 Å². The molecule has 3 rings (SSSR count). The Morgan fingerprint density at radius 2 is 2.25 bits per heavy atom. The number of halogens is 1. The summed E-state index contributed by atoms with van der Waals surface area (Å²) in [5, 5.41) is 6.68. The van der Waals surface area contributed by atoms with Crippen LogP contribution in [0, 0.1) is 11.8 Å². The average molecular weight is 353 g/mol. The lowest BCUT2D eigenvalue weighted by molar-refractivity contribution is -0.123. The van der Waals surface area contributed by atoms with Crippen molar-refractivity contribution in [3.05, 3.63) is 29.3 Å². The Morgan fingerprint density at radius 3 is 2.96 bits per heavy atom. The van der Waals surface area contributed by atoms with Crippen molar-refractivity contribution < 1.29 is 9.53 Å². The Labute approximate surface area is 151 Å². The molecule has 0 aromatic heterocycles. The first-order valence-corrected chi connectivity index (χ1v) is 8.85. The van der Waals surface area contributed by atoms with Crippen molar-refractivity contribution in [3.63, 3.8) is 0 Å². The number of hydrogen-bond donors (Lipinski definition) is 2. The van der Waals surface area contributed by atoms with Crippen molar-refractivity contribution in [1.29, 1.82) is 0 Å². The summed E-state index contributed by atoms with van der Waals surface area (Å²) in [6, 6.07) is 6.27. The summed E-state index contributed by atoms with van der Waals surface area (Å²) in [6.45, 7) is 4.39.